The van der Waals surface area contributed by atoms with Crippen LogP contribution in [0.5, 0.6) is 0 Å². The number of hydrogen-bond donors (Lipinski definition) is 1. The quantitative estimate of drug-likeness (QED) is 0.818. The van der Waals surface area contributed by atoms with Gasteiger partial charge in [0, 0.05) is 20.2 Å². The van der Waals surface area contributed by atoms with E-state index < -0.39 is 10.0 Å². The molecule has 0 aliphatic heterocycles. The molecule has 1 unspecified atom stereocenters. The first-order chi connectivity index (χ1) is 8.32. The first-order valence-corrected chi connectivity index (χ1v) is 7.08. The molecule has 1 rings (SSSR count). The lowest BCUT2D eigenvalue weighted by Crippen LogP contribution is -2.38. The number of nitrogen functional groups attached to an aromatic ring is 1. The SMILES string of the molecule is COCC(C)N(C)S(=O)(=O)c1c(C)cccc1N. The molecular weight excluding hydrogens is 252 g/mol. The third kappa shape index (κ3) is 2.82. The Hall–Kier alpha value is -1.11. The van der Waals surface area contributed by atoms with Crippen LogP contribution in [0.25, 0.3) is 0 Å². The second kappa shape index (κ2) is 5.69. The number of aryl methyl sites for hydroxylation is 1. The molecule has 0 spiro atoms. The lowest BCUT2D eigenvalue weighted by Gasteiger charge is -2.25. The van der Waals surface area contributed by atoms with Gasteiger partial charge >= 0.3 is 0 Å². The Kier molecular flexibility index (Phi) is 4.72. The van der Waals surface area contributed by atoms with Crippen LogP contribution in [0.1, 0.15) is 12.5 Å². The number of benzene rings is 1. The van der Waals surface area contributed by atoms with Gasteiger partial charge in [-0.2, -0.15) is 4.31 Å². The minimum atomic E-state index is -3.59. The van der Waals surface area contributed by atoms with Gasteiger partial charge in [0.25, 0.3) is 0 Å². The first kappa shape index (κ1) is 14.9. The van der Waals surface area contributed by atoms with Gasteiger partial charge in [0.05, 0.1) is 12.3 Å². The zero-order valence-corrected chi connectivity index (χ0v) is 12.0. The van der Waals surface area contributed by atoms with E-state index in [1.807, 2.05) is 0 Å². The molecule has 0 aliphatic carbocycles. The minimum absolute atomic E-state index is 0.176. The molecule has 0 bridgehead atoms. The average molecular weight is 272 g/mol. The monoisotopic (exact) mass is 272 g/mol. The van der Waals surface area contributed by atoms with E-state index in [9.17, 15) is 8.42 Å². The fourth-order valence-electron chi connectivity index (χ4n) is 1.75. The van der Waals surface area contributed by atoms with Gasteiger partial charge in [-0.3, -0.25) is 0 Å². The highest BCUT2D eigenvalue weighted by molar-refractivity contribution is 7.89. The molecule has 102 valence electrons. The van der Waals surface area contributed by atoms with Crippen LogP contribution in [0.2, 0.25) is 0 Å². The molecule has 5 nitrogen and oxygen atoms in total. The number of hydrogen-bond acceptors (Lipinski definition) is 4. The van der Waals surface area contributed by atoms with Crippen molar-refractivity contribution in [3.8, 4) is 0 Å². The Labute approximate surface area is 109 Å². The van der Waals surface area contributed by atoms with E-state index in [0.29, 0.717) is 12.2 Å². The highest BCUT2D eigenvalue weighted by atomic mass is 32.2. The molecule has 1 atom stereocenters. The van der Waals surface area contributed by atoms with Gasteiger partial charge in [-0.05, 0) is 25.5 Å². The molecule has 0 radical (unpaired) electrons. The Morgan fingerprint density at radius 2 is 2.06 bits per heavy atom. The molecule has 18 heavy (non-hydrogen) atoms. The Morgan fingerprint density at radius 3 is 2.56 bits per heavy atom. The summed E-state index contributed by atoms with van der Waals surface area (Å²) in [6, 6.07) is 4.81. The van der Waals surface area contributed by atoms with Crippen LogP contribution in [-0.4, -0.2) is 39.5 Å². The second-order valence-electron chi connectivity index (χ2n) is 4.32. The Bertz CT molecular complexity index is 494. The molecule has 0 aromatic heterocycles. The number of likely N-dealkylation sites (N-methyl/N-ethyl adjacent to an activating group) is 1. The lowest BCUT2D eigenvalue weighted by molar-refractivity contribution is 0.149. The van der Waals surface area contributed by atoms with Gasteiger partial charge < -0.3 is 10.5 Å². The molecule has 0 saturated carbocycles. The summed E-state index contributed by atoms with van der Waals surface area (Å²) >= 11 is 0. The molecule has 1 aromatic carbocycles. The maximum Gasteiger partial charge on any atom is 0.245 e. The summed E-state index contributed by atoms with van der Waals surface area (Å²) in [5.41, 5.74) is 6.70. The van der Waals surface area contributed by atoms with Crippen molar-refractivity contribution in [2.45, 2.75) is 24.8 Å². The standard InChI is InChI=1S/C12H20N2O3S/c1-9-6-5-7-11(13)12(9)18(15,16)14(3)10(2)8-17-4/h5-7,10H,8,13H2,1-4H3. The van der Waals surface area contributed by atoms with E-state index in [-0.39, 0.29) is 16.6 Å². The topological polar surface area (TPSA) is 72.6 Å². The van der Waals surface area contributed by atoms with Crippen molar-refractivity contribution in [1.82, 2.24) is 4.31 Å². The van der Waals surface area contributed by atoms with E-state index >= 15 is 0 Å². The van der Waals surface area contributed by atoms with Crippen LogP contribution in [0.15, 0.2) is 23.1 Å². The van der Waals surface area contributed by atoms with Gasteiger partial charge in [0.1, 0.15) is 4.90 Å². The van der Waals surface area contributed by atoms with Gasteiger partial charge in [0.2, 0.25) is 10.0 Å². The van der Waals surface area contributed by atoms with Crippen molar-refractivity contribution in [2.24, 2.45) is 0 Å². The van der Waals surface area contributed by atoms with E-state index in [1.165, 1.54) is 11.4 Å². The van der Waals surface area contributed by atoms with Crippen molar-refractivity contribution in [3.05, 3.63) is 23.8 Å². The van der Waals surface area contributed by atoms with Gasteiger partial charge in [-0.1, -0.05) is 12.1 Å². The molecule has 1 aromatic rings. The van der Waals surface area contributed by atoms with Gasteiger partial charge in [0.15, 0.2) is 0 Å². The van der Waals surface area contributed by atoms with E-state index in [1.54, 1.807) is 39.2 Å². The largest absolute Gasteiger partial charge is 0.398 e. The molecule has 0 heterocycles. The number of anilines is 1. The van der Waals surface area contributed by atoms with Crippen LogP contribution in [0, 0.1) is 6.92 Å². The minimum Gasteiger partial charge on any atom is -0.398 e. The summed E-state index contributed by atoms with van der Waals surface area (Å²) in [6.07, 6.45) is 0. The molecule has 0 aliphatic rings. The van der Waals surface area contributed by atoms with E-state index in [2.05, 4.69) is 0 Å². The number of ether oxygens (including phenoxy) is 1. The number of nitrogens with two attached hydrogens (primary N) is 1. The van der Waals surface area contributed by atoms with Crippen molar-refractivity contribution in [3.63, 3.8) is 0 Å². The molecule has 2 N–H and O–H groups in total. The highest BCUT2D eigenvalue weighted by Crippen LogP contribution is 2.26. The predicted molar refractivity (Wildman–Crippen MR) is 71.9 cm³/mol. The van der Waals surface area contributed by atoms with Crippen molar-refractivity contribution < 1.29 is 13.2 Å². The number of methoxy groups -OCH3 is 1. The smallest absolute Gasteiger partial charge is 0.245 e. The maximum atomic E-state index is 12.5. The number of sulfonamides is 1. The molecule has 0 amide bonds. The summed E-state index contributed by atoms with van der Waals surface area (Å²) in [5.74, 6) is 0. The first-order valence-electron chi connectivity index (χ1n) is 5.64. The van der Waals surface area contributed by atoms with Crippen molar-refractivity contribution >= 4 is 15.7 Å². The Balaban J connectivity index is 3.22. The highest BCUT2D eigenvalue weighted by Gasteiger charge is 2.28. The fourth-order valence-corrected chi connectivity index (χ4v) is 3.42. The molecule has 6 heteroatoms. The predicted octanol–water partition coefficient (Wildman–Crippen LogP) is 1.23. The molecule has 0 fully saturated rings. The van der Waals surface area contributed by atoms with Gasteiger partial charge in [-0.25, -0.2) is 8.42 Å². The van der Waals surface area contributed by atoms with Crippen LogP contribution in [0.3, 0.4) is 0 Å². The summed E-state index contributed by atoms with van der Waals surface area (Å²) in [5, 5.41) is 0. The number of rotatable bonds is 5. The Morgan fingerprint density at radius 1 is 1.44 bits per heavy atom. The van der Waals surface area contributed by atoms with Crippen LogP contribution < -0.4 is 5.73 Å². The van der Waals surface area contributed by atoms with Crippen molar-refractivity contribution in [2.75, 3.05) is 26.5 Å². The zero-order valence-electron chi connectivity index (χ0n) is 11.2. The lowest BCUT2D eigenvalue weighted by atomic mass is 10.2. The third-order valence-electron chi connectivity index (χ3n) is 2.91. The van der Waals surface area contributed by atoms with Crippen LogP contribution >= 0.6 is 0 Å². The van der Waals surface area contributed by atoms with Crippen molar-refractivity contribution in [1.29, 1.82) is 0 Å². The molecular formula is C12H20N2O3S. The van der Waals surface area contributed by atoms with E-state index in [0.717, 1.165) is 0 Å². The van der Waals surface area contributed by atoms with Gasteiger partial charge in [-0.15, -0.1) is 0 Å². The average Bonchev–Trinajstić information content (AvgIpc) is 2.27. The summed E-state index contributed by atoms with van der Waals surface area (Å²) in [7, 11) is -0.520. The summed E-state index contributed by atoms with van der Waals surface area (Å²) in [6.45, 7) is 3.86. The maximum absolute atomic E-state index is 12.5. The summed E-state index contributed by atoms with van der Waals surface area (Å²) < 4.78 is 31.2. The zero-order chi connectivity index (χ0) is 13.9. The second-order valence-corrected chi connectivity index (χ2v) is 6.25. The number of nitrogens with zero attached hydrogens (tertiary/aromatic N) is 1. The fraction of sp³-hybridized carbons (Fsp3) is 0.500. The normalized spacial score (nSPS) is 13.8. The van der Waals surface area contributed by atoms with Crippen LogP contribution in [0.4, 0.5) is 5.69 Å². The molecule has 0 saturated heterocycles. The third-order valence-corrected chi connectivity index (χ3v) is 5.10. The summed E-state index contributed by atoms with van der Waals surface area (Å²) in [4.78, 5) is 0.176. The van der Waals surface area contributed by atoms with Crippen LogP contribution in [-0.2, 0) is 14.8 Å². The van der Waals surface area contributed by atoms with E-state index in [4.69, 9.17) is 10.5 Å².